The van der Waals surface area contributed by atoms with Crippen molar-refractivity contribution in [1.29, 1.82) is 0 Å². The van der Waals surface area contributed by atoms with E-state index >= 15 is 0 Å². The van der Waals surface area contributed by atoms with E-state index < -0.39 is 0 Å². The SMILES string of the molecule is NCCCc1cn(CC2Cc3ccccc3O2)nn1. The maximum absolute atomic E-state index is 5.89. The standard InChI is InChI=1S/C14H18N4O/c15-7-3-5-12-9-18(17-16-12)10-13-8-11-4-1-2-6-14(11)19-13/h1-2,4,6,9,13H,3,5,7-8,10,15H2. The number of aryl methyl sites for hydroxylation is 1. The molecule has 2 N–H and O–H groups in total. The minimum absolute atomic E-state index is 0.154. The zero-order chi connectivity index (χ0) is 13.1. The number of ether oxygens (including phenoxy) is 1. The van der Waals surface area contributed by atoms with E-state index in [1.165, 1.54) is 5.56 Å². The highest BCUT2D eigenvalue weighted by molar-refractivity contribution is 5.37. The second-order valence-corrected chi connectivity index (χ2v) is 4.88. The van der Waals surface area contributed by atoms with Gasteiger partial charge < -0.3 is 10.5 Å². The van der Waals surface area contributed by atoms with Crippen LogP contribution >= 0.6 is 0 Å². The first-order valence-corrected chi connectivity index (χ1v) is 6.69. The van der Waals surface area contributed by atoms with Crippen LogP contribution in [0, 0.1) is 0 Å². The van der Waals surface area contributed by atoms with Gasteiger partial charge in [-0.1, -0.05) is 23.4 Å². The van der Waals surface area contributed by atoms with E-state index in [2.05, 4.69) is 16.4 Å². The van der Waals surface area contributed by atoms with Crippen LogP contribution in [0.5, 0.6) is 5.75 Å². The summed E-state index contributed by atoms with van der Waals surface area (Å²) in [5.41, 5.74) is 7.76. The first kappa shape index (κ1) is 12.2. The Morgan fingerprint density at radius 1 is 1.37 bits per heavy atom. The predicted molar refractivity (Wildman–Crippen MR) is 72.0 cm³/mol. The van der Waals surface area contributed by atoms with Crippen LogP contribution in [0.15, 0.2) is 30.5 Å². The topological polar surface area (TPSA) is 66.0 Å². The van der Waals surface area contributed by atoms with Gasteiger partial charge in [0.05, 0.1) is 12.2 Å². The van der Waals surface area contributed by atoms with Gasteiger partial charge in [0.15, 0.2) is 0 Å². The minimum Gasteiger partial charge on any atom is -0.488 e. The van der Waals surface area contributed by atoms with Gasteiger partial charge in [-0.05, 0) is 31.0 Å². The zero-order valence-corrected chi connectivity index (χ0v) is 10.8. The van der Waals surface area contributed by atoms with Crippen molar-refractivity contribution in [3.05, 3.63) is 41.7 Å². The van der Waals surface area contributed by atoms with E-state index in [0.29, 0.717) is 6.54 Å². The molecule has 1 aromatic heterocycles. The van der Waals surface area contributed by atoms with Crippen molar-refractivity contribution in [1.82, 2.24) is 15.0 Å². The molecule has 0 spiro atoms. The van der Waals surface area contributed by atoms with Gasteiger partial charge in [0.25, 0.3) is 0 Å². The van der Waals surface area contributed by atoms with Gasteiger partial charge in [-0.25, -0.2) is 4.68 Å². The molecule has 1 aromatic carbocycles. The maximum atomic E-state index is 5.89. The Kier molecular flexibility index (Phi) is 3.46. The number of rotatable bonds is 5. The Bertz CT molecular complexity index is 527. The Morgan fingerprint density at radius 3 is 3.11 bits per heavy atom. The molecule has 0 saturated heterocycles. The summed E-state index contributed by atoms with van der Waals surface area (Å²) in [4.78, 5) is 0. The second-order valence-electron chi connectivity index (χ2n) is 4.88. The average molecular weight is 258 g/mol. The molecule has 5 heteroatoms. The fraction of sp³-hybridized carbons (Fsp3) is 0.429. The molecule has 0 amide bonds. The van der Waals surface area contributed by atoms with Gasteiger partial charge in [-0.3, -0.25) is 0 Å². The molecular formula is C14H18N4O. The van der Waals surface area contributed by atoms with Crippen molar-refractivity contribution >= 4 is 0 Å². The van der Waals surface area contributed by atoms with Crippen LogP contribution in [0.2, 0.25) is 0 Å². The Hall–Kier alpha value is -1.88. The van der Waals surface area contributed by atoms with Gasteiger partial charge in [-0.2, -0.15) is 0 Å². The third-order valence-electron chi connectivity index (χ3n) is 3.33. The predicted octanol–water partition coefficient (Wildman–Crippen LogP) is 1.17. The number of hydrogen-bond donors (Lipinski definition) is 1. The van der Waals surface area contributed by atoms with Crippen molar-refractivity contribution in [3.8, 4) is 5.75 Å². The van der Waals surface area contributed by atoms with Crippen molar-refractivity contribution in [2.75, 3.05) is 6.54 Å². The van der Waals surface area contributed by atoms with E-state index in [0.717, 1.165) is 37.3 Å². The van der Waals surface area contributed by atoms with Crippen LogP contribution in [-0.2, 0) is 19.4 Å². The molecule has 1 unspecified atom stereocenters. The van der Waals surface area contributed by atoms with E-state index in [9.17, 15) is 0 Å². The summed E-state index contributed by atoms with van der Waals surface area (Å²) in [6, 6.07) is 8.18. The fourth-order valence-electron chi connectivity index (χ4n) is 2.39. The summed E-state index contributed by atoms with van der Waals surface area (Å²) in [5, 5.41) is 8.29. The molecule has 2 aromatic rings. The molecule has 0 aliphatic carbocycles. The summed E-state index contributed by atoms with van der Waals surface area (Å²) < 4.78 is 7.76. The van der Waals surface area contributed by atoms with Gasteiger partial charge in [0.2, 0.25) is 0 Å². The number of para-hydroxylation sites is 1. The molecule has 1 aliphatic rings. The third-order valence-corrected chi connectivity index (χ3v) is 3.33. The molecule has 100 valence electrons. The van der Waals surface area contributed by atoms with Crippen LogP contribution in [0.3, 0.4) is 0 Å². The summed E-state index contributed by atoms with van der Waals surface area (Å²) in [7, 11) is 0. The molecule has 2 heterocycles. The van der Waals surface area contributed by atoms with Crippen LogP contribution in [-0.4, -0.2) is 27.6 Å². The van der Waals surface area contributed by atoms with Crippen molar-refractivity contribution in [3.63, 3.8) is 0 Å². The second kappa shape index (κ2) is 5.40. The highest BCUT2D eigenvalue weighted by Crippen LogP contribution is 2.28. The lowest BCUT2D eigenvalue weighted by molar-refractivity contribution is 0.202. The van der Waals surface area contributed by atoms with Crippen LogP contribution < -0.4 is 10.5 Å². The highest BCUT2D eigenvalue weighted by Gasteiger charge is 2.22. The van der Waals surface area contributed by atoms with Gasteiger partial charge in [-0.15, -0.1) is 5.10 Å². The molecule has 1 atom stereocenters. The molecule has 0 radical (unpaired) electrons. The number of benzene rings is 1. The van der Waals surface area contributed by atoms with Crippen molar-refractivity contribution in [2.45, 2.75) is 31.9 Å². The van der Waals surface area contributed by atoms with Crippen LogP contribution in [0.25, 0.3) is 0 Å². The smallest absolute Gasteiger partial charge is 0.123 e. The van der Waals surface area contributed by atoms with Crippen LogP contribution in [0.4, 0.5) is 0 Å². The molecule has 1 aliphatic heterocycles. The third kappa shape index (κ3) is 2.76. The van der Waals surface area contributed by atoms with Gasteiger partial charge in [0.1, 0.15) is 11.9 Å². The van der Waals surface area contributed by atoms with Crippen molar-refractivity contribution < 1.29 is 4.74 Å². The minimum atomic E-state index is 0.154. The molecule has 0 fully saturated rings. The zero-order valence-electron chi connectivity index (χ0n) is 10.8. The summed E-state index contributed by atoms with van der Waals surface area (Å²) in [5.74, 6) is 0.996. The maximum Gasteiger partial charge on any atom is 0.123 e. The largest absolute Gasteiger partial charge is 0.488 e. The average Bonchev–Trinajstić information content (AvgIpc) is 3.02. The lowest BCUT2D eigenvalue weighted by Gasteiger charge is -2.09. The molecule has 0 bridgehead atoms. The fourth-order valence-corrected chi connectivity index (χ4v) is 2.39. The summed E-state index contributed by atoms with van der Waals surface area (Å²) in [6.45, 7) is 1.43. The first-order valence-electron chi connectivity index (χ1n) is 6.69. The van der Waals surface area contributed by atoms with E-state index in [1.54, 1.807) is 0 Å². The lowest BCUT2D eigenvalue weighted by atomic mass is 10.1. The number of aromatic nitrogens is 3. The van der Waals surface area contributed by atoms with Gasteiger partial charge in [0, 0.05) is 12.6 Å². The Morgan fingerprint density at radius 2 is 2.26 bits per heavy atom. The number of nitrogens with two attached hydrogens (primary N) is 1. The molecule has 19 heavy (non-hydrogen) atoms. The Balaban J connectivity index is 1.60. The monoisotopic (exact) mass is 258 g/mol. The molecule has 3 rings (SSSR count). The van der Waals surface area contributed by atoms with Crippen molar-refractivity contribution in [2.24, 2.45) is 5.73 Å². The summed E-state index contributed by atoms with van der Waals surface area (Å²) >= 11 is 0. The van der Waals surface area contributed by atoms with E-state index in [-0.39, 0.29) is 6.10 Å². The number of fused-ring (bicyclic) bond motifs is 1. The molecule has 0 saturated carbocycles. The quantitative estimate of drug-likeness (QED) is 0.874. The summed E-state index contributed by atoms with van der Waals surface area (Å²) in [6.07, 6.45) is 4.92. The molecular weight excluding hydrogens is 240 g/mol. The number of nitrogens with zero attached hydrogens (tertiary/aromatic N) is 3. The van der Waals surface area contributed by atoms with Crippen LogP contribution in [0.1, 0.15) is 17.7 Å². The highest BCUT2D eigenvalue weighted by atomic mass is 16.5. The van der Waals surface area contributed by atoms with Gasteiger partial charge >= 0.3 is 0 Å². The Labute approximate surface area is 112 Å². The molecule has 5 nitrogen and oxygen atoms in total. The lowest BCUT2D eigenvalue weighted by Crippen LogP contribution is -2.21. The normalized spacial score (nSPS) is 17.2. The van der Waals surface area contributed by atoms with E-state index in [4.69, 9.17) is 10.5 Å². The first-order chi connectivity index (χ1) is 9.35. The van der Waals surface area contributed by atoms with E-state index in [1.807, 2.05) is 29.1 Å². The number of hydrogen-bond acceptors (Lipinski definition) is 4.